The van der Waals surface area contributed by atoms with Crippen molar-refractivity contribution in [1.82, 2.24) is 10.3 Å². The predicted molar refractivity (Wildman–Crippen MR) is 94.7 cm³/mol. The van der Waals surface area contributed by atoms with E-state index in [9.17, 15) is 9.90 Å². The fraction of sp³-hybridized carbons (Fsp3) is 0.400. The third kappa shape index (κ3) is 4.01. The Bertz CT molecular complexity index is 706. The number of pyridine rings is 1. The van der Waals surface area contributed by atoms with Gasteiger partial charge in [-0.3, -0.25) is 9.78 Å². The van der Waals surface area contributed by atoms with E-state index in [0.29, 0.717) is 11.5 Å². The van der Waals surface area contributed by atoms with Crippen LogP contribution in [0.5, 0.6) is 0 Å². The monoisotopic (exact) mass is 324 g/mol. The highest BCUT2D eigenvalue weighted by Crippen LogP contribution is 2.24. The number of benzene rings is 1. The molecule has 1 fully saturated rings. The standard InChI is InChI=1S/C20H24N2O2/c1-14-3-2-4-16(9-14)17-10-18(12-21-11-17)20(24)22-19-7-5-15(13-23)6-8-19/h2-4,9-12,15,19,23H,5-8,13H2,1H3,(H,22,24). The van der Waals surface area contributed by atoms with Crippen molar-refractivity contribution in [3.63, 3.8) is 0 Å². The van der Waals surface area contributed by atoms with Gasteiger partial charge in [-0.15, -0.1) is 0 Å². The third-order valence-electron chi connectivity index (χ3n) is 4.79. The lowest BCUT2D eigenvalue weighted by Crippen LogP contribution is -2.38. The van der Waals surface area contributed by atoms with E-state index >= 15 is 0 Å². The molecule has 0 saturated heterocycles. The van der Waals surface area contributed by atoms with Crippen LogP contribution in [0.4, 0.5) is 0 Å². The highest BCUT2D eigenvalue weighted by atomic mass is 16.3. The largest absolute Gasteiger partial charge is 0.396 e. The first-order chi connectivity index (χ1) is 11.7. The lowest BCUT2D eigenvalue weighted by atomic mass is 9.86. The number of rotatable bonds is 4. The van der Waals surface area contributed by atoms with E-state index in [-0.39, 0.29) is 18.6 Å². The van der Waals surface area contributed by atoms with Crippen molar-refractivity contribution >= 4 is 5.91 Å². The van der Waals surface area contributed by atoms with Gasteiger partial charge in [-0.25, -0.2) is 0 Å². The van der Waals surface area contributed by atoms with Crippen molar-refractivity contribution in [2.75, 3.05) is 6.61 Å². The average molecular weight is 324 g/mol. The third-order valence-corrected chi connectivity index (χ3v) is 4.79. The van der Waals surface area contributed by atoms with Crippen LogP contribution in [0.1, 0.15) is 41.6 Å². The molecule has 0 unspecified atom stereocenters. The Labute approximate surface area is 142 Å². The molecule has 1 aliphatic rings. The molecule has 1 aromatic heterocycles. The van der Waals surface area contributed by atoms with Gasteiger partial charge in [0.05, 0.1) is 5.56 Å². The normalized spacial score (nSPS) is 20.6. The van der Waals surface area contributed by atoms with Crippen molar-refractivity contribution in [3.05, 3.63) is 53.9 Å². The summed E-state index contributed by atoms with van der Waals surface area (Å²) < 4.78 is 0. The number of nitrogens with one attached hydrogen (secondary N) is 1. The number of carbonyl (C=O) groups is 1. The summed E-state index contributed by atoms with van der Waals surface area (Å²) in [5, 5.41) is 12.3. The molecular weight excluding hydrogens is 300 g/mol. The molecule has 1 amide bonds. The summed E-state index contributed by atoms with van der Waals surface area (Å²) in [6.45, 7) is 2.30. The number of nitrogens with zero attached hydrogens (tertiary/aromatic N) is 1. The molecule has 0 radical (unpaired) electrons. The molecule has 0 atom stereocenters. The summed E-state index contributed by atoms with van der Waals surface area (Å²) in [6.07, 6.45) is 7.22. The van der Waals surface area contributed by atoms with Gasteiger partial charge in [0.1, 0.15) is 0 Å². The predicted octanol–water partition coefficient (Wildman–Crippen LogP) is 3.34. The van der Waals surface area contributed by atoms with Gasteiger partial charge in [-0.2, -0.15) is 0 Å². The first-order valence-corrected chi connectivity index (χ1v) is 8.59. The number of aliphatic hydroxyl groups excluding tert-OH is 1. The number of amides is 1. The summed E-state index contributed by atoms with van der Waals surface area (Å²) in [4.78, 5) is 16.8. The van der Waals surface area contributed by atoms with Crippen molar-refractivity contribution in [2.45, 2.75) is 38.6 Å². The van der Waals surface area contributed by atoms with Crippen LogP contribution >= 0.6 is 0 Å². The van der Waals surface area contributed by atoms with E-state index in [0.717, 1.165) is 36.8 Å². The Morgan fingerprint density at radius 1 is 1.17 bits per heavy atom. The van der Waals surface area contributed by atoms with E-state index in [1.807, 2.05) is 18.2 Å². The second kappa shape index (κ2) is 7.58. The zero-order valence-corrected chi connectivity index (χ0v) is 14.0. The lowest BCUT2D eigenvalue weighted by Gasteiger charge is -2.27. The average Bonchev–Trinajstić information content (AvgIpc) is 2.62. The molecule has 3 rings (SSSR count). The zero-order valence-electron chi connectivity index (χ0n) is 14.0. The Morgan fingerprint density at radius 2 is 1.96 bits per heavy atom. The minimum Gasteiger partial charge on any atom is -0.396 e. The molecule has 126 valence electrons. The molecule has 4 nitrogen and oxygen atoms in total. The van der Waals surface area contributed by atoms with E-state index in [4.69, 9.17) is 0 Å². The van der Waals surface area contributed by atoms with E-state index < -0.39 is 0 Å². The molecule has 0 aliphatic heterocycles. The van der Waals surface area contributed by atoms with Gasteiger partial charge in [-0.05, 0) is 50.2 Å². The Morgan fingerprint density at radius 3 is 2.67 bits per heavy atom. The van der Waals surface area contributed by atoms with Crippen LogP contribution < -0.4 is 5.32 Å². The van der Waals surface area contributed by atoms with Crippen LogP contribution in [0, 0.1) is 12.8 Å². The van der Waals surface area contributed by atoms with Crippen LogP contribution in [0.15, 0.2) is 42.7 Å². The Hall–Kier alpha value is -2.20. The highest BCUT2D eigenvalue weighted by molar-refractivity contribution is 5.95. The number of aryl methyl sites for hydroxylation is 1. The van der Waals surface area contributed by atoms with E-state index in [2.05, 4.69) is 29.4 Å². The van der Waals surface area contributed by atoms with Gasteiger partial charge in [-0.1, -0.05) is 29.8 Å². The van der Waals surface area contributed by atoms with Gasteiger partial charge in [0.2, 0.25) is 0 Å². The van der Waals surface area contributed by atoms with Crippen LogP contribution in [0.3, 0.4) is 0 Å². The summed E-state index contributed by atoms with van der Waals surface area (Å²) >= 11 is 0. The summed E-state index contributed by atoms with van der Waals surface area (Å²) in [5.74, 6) is 0.328. The second-order valence-corrected chi connectivity index (χ2v) is 6.71. The van der Waals surface area contributed by atoms with Gasteiger partial charge >= 0.3 is 0 Å². The topological polar surface area (TPSA) is 62.2 Å². The van der Waals surface area contributed by atoms with Gasteiger partial charge in [0, 0.05) is 30.6 Å². The number of hydrogen-bond donors (Lipinski definition) is 2. The quantitative estimate of drug-likeness (QED) is 0.907. The maximum Gasteiger partial charge on any atom is 0.253 e. The number of hydrogen-bond acceptors (Lipinski definition) is 3. The molecule has 4 heteroatoms. The summed E-state index contributed by atoms with van der Waals surface area (Å²) in [5.41, 5.74) is 3.80. The molecule has 0 spiro atoms. The molecule has 0 bridgehead atoms. The van der Waals surface area contributed by atoms with Crippen LogP contribution in [0.2, 0.25) is 0 Å². The van der Waals surface area contributed by atoms with Crippen molar-refractivity contribution in [2.24, 2.45) is 5.92 Å². The fourth-order valence-electron chi connectivity index (χ4n) is 3.30. The molecule has 2 N–H and O–H groups in total. The van der Waals surface area contributed by atoms with Crippen molar-refractivity contribution < 1.29 is 9.90 Å². The maximum atomic E-state index is 12.5. The van der Waals surface area contributed by atoms with E-state index in [1.165, 1.54) is 5.56 Å². The first-order valence-electron chi connectivity index (χ1n) is 8.59. The SMILES string of the molecule is Cc1cccc(-c2cncc(C(=O)NC3CCC(CO)CC3)c2)c1. The first kappa shape index (κ1) is 16.7. The van der Waals surface area contributed by atoms with E-state index in [1.54, 1.807) is 12.4 Å². The zero-order chi connectivity index (χ0) is 16.9. The summed E-state index contributed by atoms with van der Waals surface area (Å²) in [7, 11) is 0. The second-order valence-electron chi connectivity index (χ2n) is 6.71. The molecule has 1 aromatic carbocycles. The minimum absolute atomic E-state index is 0.0653. The highest BCUT2D eigenvalue weighted by Gasteiger charge is 2.22. The van der Waals surface area contributed by atoms with Crippen LogP contribution in [0.25, 0.3) is 11.1 Å². The molecule has 2 aromatic rings. The molecule has 1 saturated carbocycles. The smallest absolute Gasteiger partial charge is 0.253 e. The number of aromatic nitrogens is 1. The van der Waals surface area contributed by atoms with Gasteiger partial charge in [0.15, 0.2) is 0 Å². The van der Waals surface area contributed by atoms with Crippen LogP contribution in [-0.4, -0.2) is 28.6 Å². The lowest BCUT2D eigenvalue weighted by molar-refractivity contribution is 0.0913. The molecule has 24 heavy (non-hydrogen) atoms. The Balaban J connectivity index is 1.69. The summed E-state index contributed by atoms with van der Waals surface area (Å²) in [6, 6.07) is 10.3. The van der Waals surface area contributed by atoms with Gasteiger partial charge < -0.3 is 10.4 Å². The number of carbonyl (C=O) groups excluding carboxylic acids is 1. The van der Waals surface area contributed by atoms with Gasteiger partial charge in [0.25, 0.3) is 5.91 Å². The molecule has 1 heterocycles. The minimum atomic E-state index is -0.0653. The molecular formula is C20H24N2O2. The fourth-order valence-corrected chi connectivity index (χ4v) is 3.30. The van der Waals surface area contributed by atoms with Crippen LogP contribution in [-0.2, 0) is 0 Å². The Kier molecular flexibility index (Phi) is 5.26. The maximum absolute atomic E-state index is 12.5. The molecule has 1 aliphatic carbocycles. The number of aliphatic hydroxyl groups is 1. The van der Waals surface area contributed by atoms with Crippen molar-refractivity contribution in [1.29, 1.82) is 0 Å². The van der Waals surface area contributed by atoms with Crippen molar-refractivity contribution in [3.8, 4) is 11.1 Å².